The van der Waals surface area contributed by atoms with Gasteiger partial charge in [0.05, 0.1) is 13.2 Å². The summed E-state index contributed by atoms with van der Waals surface area (Å²) in [6.45, 7) is 2.51. The number of amides is 1. The highest BCUT2D eigenvalue weighted by molar-refractivity contribution is 5.82. The molecule has 0 radical (unpaired) electrons. The van der Waals surface area contributed by atoms with E-state index in [1.54, 1.807) is 0 Å². The molecule has 0 aromatic heterocycles. The molecule has 1 aromatic carbocycles. The number of nitrogens with one attached hydrogen (secondary N) is 1. The van der Waals surface area contributed by atoms with Crippen LogP contribution in [0.1, 0.15) is 11.6 Å². The van der Waals surface area contributed by atoms with Gasteiger partial charge in [0.2, 0.25) is 5.91 Å². The number of rotatable bonds is 8. The standard InChI is InChI=1S/C14H23N3O2/c1-17(2)9-11-19-10-8-16-14(18)13(15)12-6-4-3-5-7-12/h3-7,13H,8-11,15H2,1-2H3,(H,16,18). The highest BCUT2D eigenvalue weighted by atomic mass is 16.5. The van der Waals surface area contributed by atoms with Crippen molar-refractivity contribution in [2.75, 3.05) is 40.4 Å². The molecule has 0 aliphatic heterocycles. The Morgan fingerprint density at radius 3 is 2.63 bits per heavy atom. The zero-order valence-electron chi connectivity index (χ0n) is 11.6. The van der Waals surface area contributed by atoms with Gasteiger partial charge in [-0.05, 0) is 19.7 Å². The average molecular weight is 265 g/mol. The Bertz CT molecular complexity index is 368. The predicted octanol–water partition coefficient (Wildman–Crippen LogP) is 0.381. The van der Waals surface area contributed by atoms with E-state index in [-0.39, 0.29) is 5.91 Å². The lowest BCUT2D eigenvalue weighted by atomic mass is 10.1. The lowest BCUT2D eigenvalue weighted by molar-refractivity contribution is -0.122. The number of hydrogen-bond donors (Lipinski definition) is 2. The van der Waals surface area contributed by atoms with E-state index in [1.165, 1.54) is 0 Å². The normalized spacial score (nSPS) is 12.4. The molecule has 0 aliphatic carbocycles. The molecule has 5 nitrogen and oxygen atoms in total. The van der Waals surface area contributed by atoms with E-state index in [4.69, 9.17) is 10.5 Å². The average Bonchev–Trinajstić information content (AvgIpc) is 2.42. The fourth-order valence-electron chi connectivity index (χ4n) is 1.52. The number of nitrogens with zero attached hydrogens (tertiary/aromatic N) is 1. The van der Waals surface area contributed by atoms with E-state index >= 15 is 0 Å². The quantitative estimate of drug-likeness (QED) is 0.667. The van der Waals surface area contributed by atoms with Crippen molar-refractivity contribution in [2.45, 2.75) is 6.04 Å². The summed E-state index contributed by atoms with van der Waals surface area (Å²) >= 11 is 0. The van der Waals surface area contributed by atoms with E-state index in [1.807, 2.05) is 49.3 Å². The van der Waals surface area contributed by atoms with E-state index in [2.05, 4.69) is 5.32 Å². The largest absolute Gasteiger partial charge is 0.378 e. The van der Waals surface area contributed by atoms with Gasteiger partial charge in [0.15, 0.2) is 0 Å². The summed E-state index contributed by atoms with van der Waals surface area (Å²) in [5.41, 5.74) is 6.67. The second-order valence-corrected chi connectivity index (χ2v) is 4.60. The van der Waals surface area contributed by atoms with Crippen LogP contribution in [0.5, 0.6) is 0 Å². The molecule has 19 heavy (non-hydrogen) atoms. The van der Waals surface area contributed by atoms with Gasteiger partial charge in [-0.2, -0.15) is 0 Å². The van der Waals surface area contributed by atoms with Crippen molar-refractivity contribution in [1.29, 1.82) is 0 Å². The van der Waals surface area contributed by atoms with Crippen molar-refractivity contribution >= 4 is 5.91 Å². The van der Waals surface area contributed by atoms with Crippen molar-refractivity contribution < 1.29 is 9.53 Å². The van der Waals surface area contributed by atoms with Crippen LogP contribution < -0.4 is 11.1 Å². The molecule has 106 valence electrons. The molecule has 1 rings (SSSR count). The minimum absolute atomic E-state index is 0.178. The summed E-state index contributed by atoms with van der Waals surface area (Å²) in [6.07, 6.45) is 0. The first-order chi connectivity index (χ1) is 9.11. The molecule has 0 spiro atoms. The minimum atomic E-state index is -0.622. The smallest absolute Gasteiger partial charge is 0.241 e. The monoisotopic (exact) mass is 265 g/mol. The Morgan fingerprint density at radius 2 is 2.00 bits per heavy atom. The Kier molecular flexibility index (Phi) is 7.10. The van der Waals surface area contributed by atoms with Gasteiger partial charge in [0, 0.05) is 13.1 Å². The van der Waals surface area contributed by atoms with Gasteiger partial charge in [-0.3, -0.25) is 4.79 Å². The van der Waals surface area contributed by atoms with Crippen molar-refractivity contribution in [3.05, 3.63) is 35.9 Å². The first-order valence-corrected chi connectivity index (χ1v) is 6.42. The maximum atomic E-state index is 11.8. The van der Waals surface area contributed by atoms with Crippen LogP contribution >= 0.6 is 0 Å². The molecule has 1 aromatic rings. The van der Waals surface area contributed by atoms with Crippen LogP contribution in [-0.2, 0) is 9.53 Å². The fourth-order valence-corrected chi connectivity index (χ4v) is 1.52. The van der Waals surface area contributed by atoms with E-state index in [0.29, 0.717) is 19.8 Å². The SMILES string of the molecule is CN(C)CCOCCNC(=O)C(N)c1ccccc1. The lowest BCUT2D eigenvalue weighted by Crippen LogP contribution is -2.36. The molecule has 3 N–H and O–H groups in total. The molecule has 0 saturated heterocycles. The Hall–Kier alpha value is -1.43. The van der Waals surface area contributed by atoms with Gasteiger partial charge in [-0.1, -0.05) is 30.3 Å². The second-order valence-electron chi connectivity index (χ2n) is 4.60. The van der Waals surface area contributed by atoms with Crippen LogP contribution in [0, 0.1) is 0 Å². The van der Waals surface area contributed by atoms with E-state index < -0.39 is 6.04 Å². The van der Waals surface area contributed by atoms with Gasteiger partial charge in [-0.25, -0.2) is 0 Å². The molecule has 0 heterocycles. The Balaban J connectivity index is 2.17. The summed E-state index contributed by atoms with van der Waals surface area (Å²) in [5.74, 6) is -0.178. The van der Waals surface area contributed by atoms with Crippen molar-refractivity contribution in [1.82, 2.24) is 10.2 Å². The van der Waals surface area contributed by atoms with Gasteiger partial charge in [0.25, 0.3) is 0 Å². The number of carbonyl (C=O) groups is 1. The first-order valence-electron chi connectivity index (χ1n) is 6.42. The topological polar surface area (TPSA) is 67.6 Å². The summed E-state index contributed by atoms with van der Waals surface area (Å²) in [5, 5.41) is 2.77. The molecule has 0 bridgehead atoms. The van der Waals surface area contributed by atoms with E-state index in [0.717, 1.165) is 12.1 Å². The van der Waals surface area contributed by atoms with Crippen molar-refractivity contribution in [3.8, 4) is 0 Å². The third-order valence-corrected chi connectivity index (χ3v) is 2.67. The number of nitrogens with two attached hydrogens (primary N) is 1. The lowest BCUT2D eigenvalue weighted by Gasteiger charge is -2.13. The maximum Gasteiger partial charge on any atom is 0.241 e. The van der Waals surface area contributed by atoms with Crippen LogP contribution in [0.2, 0.25) is 0 Å². The van der Waals surface area contributed by atoms with Crippen LogP contribution in [-0.4, -0.2) is 51.2 Å². The molecule has 5 heteroatoms. The molecular formula is C14H23N3O2. The third-order valence-electron chi connectivity index (χ3n) is 2.67. The summed E-state index contributed by atoms with van der Waals surface area (Å²) in [4.78, 5) is 13.8. The van der Waals surface area contributed by atoms with Gasteiger partial charge >= 0.3 is 0 Å². The van der Waals surface area contributed by atoms with Crippen molar-refractivity contribution in [2.24, 2.45) is 5.73 Å². The van der Waals surface area contributed by atoms with Crippen LogP contribution in [0.25, 0.3) is 0 Å². The number of hydrogen-bond acceptors (Lipinski definition) is 4. The molecule has 1 unspecified atom stereocenters. The highest BCUT2D eigenvalue weighted by Gasteiger charge is 2.14. The van der Waals surface area contributed by atoms with Crippen LogP contribution in [0.3, 0.4) is 0 Å². The summed E-state index contributed by atoms with van der Waals surface area (Å²) in [7, 11) is 3.98. The maximum absolute atomic E-state index is 11.8. The number of carbonyl (C=O) groups excluding carboxylic acids is 1. The fraction of sp³-hybridized carbons (Fsp3) is 0.500. The van der Waals surface area contributed by atoms with Crippen LogP contribution in [0.4, 0.5) is 0 Å². The zero-order valence-corrected chi connectivity index (χ0v) is 11.6. The third kappa shape index (κ3) is 6.33. The second kappa shape index (κ2) is 8.63. The molecule has 0 saturated carbocycles. The minimum Gasteiger partial charge on any atom is -0.378 e. The number of benzene rings is 1. The number of ether oxygens (including phenoxy) is 1. The van der Waals surface area contributed by atoms with Gasteiger partial charge in [0.1, 0.15) is 6.04 Å². The molecular weight excluding hydrogens is 242 g/mol. The zero-order chi connectivity index (χ0) is 14.1. The Labute approximate surface area is 114 Å². The predicted molar refractivity (Wildman–Crippen MR) is 75.8 cm³/mol. The van der Waals surface area contributed by atoms with Gasteiger partial charge in [-0.15, -0.1) is 0 Å². The first kappa shape index (κ1) is 15.6. The summed E-state index contributed by atoms with van der Waals surface area (Å²) in [6, 6.07) is 8.70. The van der Waals surface area contributed by atoms with Crippen molar-refractivity contribution in [3.63, 3.8) is 0 Å². The van der Waals surface area contributed by atoms with E-state index in [9.17, 15) is 4.79 Å². The molecule has 1 atom stereocenters. The highest BCUT2D eigenvalue weighted by Crippen LogP contribution is 2.08. The van der Waals surface area contributed by atoms with Gasteiger partial charge < -0.3 is 20.7 Å². The summed E-state index contributed by atoms with van der Waals surface area (Å²) < 4.78 is 5.38. The molecule has 0 aliphatic rings. The Morgan fingerprint density at radius 1 is 1.32 bits per heavy atom. The molecule has 0 fully saturated rings. The molecule has 1 amide bonds. The number of likely N-dealkylation sites (N-methyl/N-ethyl adjacent to an activating group) is 1. The van der Waals surface area contributed by atoms with Crippen LogP contribution in [0.15, 0.2) is 30.3 Å².